The van der Waals surface area contributed by atoms with Crippen molar-refractivity contribution >= 4 is 39.2 Å². The Morgan fingerprint density at radius 2 is 2.25 bits per heavy atom. The first kappa shape index (κ1) is 15.6. The highest BCUT2D eigenvalue weighted by atomic mass is 32.2. The number of carbonyl (C=O) groups is 1. The van der Waals surface area contributed by atoms with Crippen LogP contribution in [0.25, 0.3) is 10.2 Å². The second-order valence-corrected chi connectivity index (χ2v) is 7.77. The summed E-state index contributed by atoms with van der Waals surface area (Å²) in [6, 6.07) is 8.63. The van der Waals surface area contributed by atoms with E-state index in [4.69, 9.17) is 0 Å². The van der Waals surface area contributed by atoms with E-state index in [1.165, 1.54) is 29.3 Å². The standard InChI is InChI=1S/C16H17N5OS2/c22-14(9-23-16-20-18-10-21(16)11-5-6-11)17-8-7-15-19-12-3-1-2-4-13(12)24-15/h1-4,10-11H,5-9H2,(H,17,22). The van der Waals surface area contributed by atoms with Gasteiger partial charge in [0, 0.05) is 19.0 Å². The quantitative estimate of drug-likeness (QED) is 0.657. The number of hydrogen-bond donors (Lipinski definition) is 1. The Morgan fingerprint density at radius 1 is 1.38 bits per heavy atom. The molecule has 1 aliphatic rings. The van der Waals surface area contributed by atoms with E-state index in [1.54, 1.807) is 17.7 Å². The summed E-state index contributed by atoms with van der Waals surface area (Å²) >= 11 is 3.13. The number of benzene rings is 1. The molecule has 1 saturated carbocycles. The molecule has 0 spiro atoms. The maximum Gasteiger partial charge on any atom is 0.230 e. The summed E-state index contributed by atoms with van der Waals surface area (Å²) in [5.74, 6) is 0.386. The second kappa shape index (κ2) is 6.90. The average molecular weight is 359 g/mol. The van der Waals surface area contributed by atoms with Crippen LogP contribution in [0.15, 0.2) is 35.7 Å². The van der Waals surface area contributed by atoms with Crippen molar-refractivity contribution in [2.45, 2.75) is 30.5 Å². The molecular formula is C16H17N5OS2. The Balaban J connectivity index is 1.23. The van der Waals surface area contributed by atoms with Gasteiger partial charge in [0.25, 0.3) is 0 Å². The van der Waals surface area contributed by atoms with E-state index in [0.717, 1.165) is 22.1 Å². The van der Waals surface area contributed by atoms with Gasteiger partial charge in [-0.2, -0.15) is 0 Å². The molecule has 1 aromatic carbocycles. The van der Waals surface area contributed by atoms with Gasteiger partial charge < -0.3 is 9.88 Å². The van der Waals surface area contributed by atoms with Crippen LogP contribution in [0.4, 0.5) is 0 Å². The van der Waals surface area contributed by atoms with Crippen LogP contribution < -0.4 is 5.32 Å². The van der Waals surface area contributed by atoms with E-state index >= 15 is 0 Å². The highest BCUT2D eigenvalue weighted by Gasteiger charge is 2.26. The van der Waals surface area contributed by atoms with Gasteiger partial charge in [0.1, 0.15) is 6.33 Å². The van der Waals surface area contributed by atoms with Gasteiger partial charge in [0.2, 0.25) is 5.91 Å². The molecule has 0 bridgehead atoms. The van der Waals surface area contributed by atoms with Crippen molar-refractivity contribution < 1.29 is 4.79 Å². The van der Waals surface area contributed by atoms with Crippen LogP contribution in [0, 0.1) is 0 Å². The predicted molar refractivity (Wildman–Crippen MR) is 95.4 cm³/mol. The van der Waals surface area contributed by atoms with Crippen LogP contribution in [0.1, 0.15) is 23.9 Å². The molecule has 2 aromatic heterocycles. The highest BCUT2D eigenvalue weighted by molar-refractivity contribution is 7.99. The number of rotatable bonds is 7. The fourth-order valence-corrected chi connectivity index (χ4v) is 4.23. The predicted octanol–water partition coefficient (Wildman–Crippen LogP) is 2.67. The van der Waals surface area contributed by atoms with Crippen molar-refractivity contribution in [3.8, 4) is 0 Å². The number of carbonyl (C=O) groups excluding carboxylic acids is 1. The average Bonchev–Trinajstić information content (AvgIpc) is 3.18. The number of thiazole rings is 1. The summed E-state index contributed by atoms with van der Waals surface area (Å²) in [5.41, 5.74) is 1.03. The zero-order chi connectivity index (χ0) is 16.4. The number of thioether (sulfide) groups is 1. The van der Waals surface area contributed by atoms with E-state index in [-0.39, 0.29) is 5.91 Å². The number of para-hydroxylation sites is 1. The first-order chi connectivity index (χ1) is 11.8. The lowest BCUT2D eigenvalue weighted by Gasteiger charge is -2.05. The van der Waals surface area contributed by atoms with Gasteiger partial charge in [-0.1, -0.05) is 23.9 Å². The Bertz CT molecular complexity index is 822. The Labute approximate surface area is 147 Å². The topological polar surface area (TPSA) is 72.7 Å². The van der Waals surface area contributed by atoms with Crippen LogP contribution in [0.2, 0.25) is 0 Å². The van der Waals surface area contributed by atoms with Crippen molar-refractivity contribution in [1.82, 2.24) is 25.1 Å². The maximum absolute atomic E-state index is 12.0. The van der Waals surface area contributed by atoms with Crippen LogP contribution in [-0.2, 0) is 11.2 Å². The molecular weight excluding hydrogens is 342 g/mol. The summed E-state index contributed by atoms with van der Waals surface area (Å²) in [4.78, 5) is 16.6. The van der Waals surface area contributed by atoms with Gasteiger partial charge in [0.15, 0.2) is 5.16 Å². The third-order valence-corrected chi connectivity index (χ3v) is 5.87. The fourth-order valence-electron chi connectivity index (χ4n) is 2.46. The lowest BCUT2D eigenvalue weighted by molar-refractivity contribution is -0.118. The number of fused-ring (bicyclic) bond motifs is 1. The number of nitrogens with one attached hydrogen (secondary N) is 1. The van der Waals surface area contributed by atoms with Crippen LogP contribution in [-0.4, -0.2) is 38.0 Å². The zero-order valence-electron chi connectivity index (χ0n) is 13.0. The van der Waals surface area contributed by atoms with E-state index in [9.17, 15) is 4.79 Å². The molecule has 1 fully saturated rings. The molecule has 4 rings (SSSR count). The molecule has 2 heterocycles. The Kier molecular flexibility index (Phi) is 4.48. The lowest BCUT2D eigenvalue weighted by Crippen LogP contribution is -2.27. The molecule has 24 heavy (non-hydrogen) atoms. The number of aromatic nitrogens is 4. The monoisotopic (exact) mass is 359 g/mol. The minimum absolute atomic E-state index is 0.0199. The Hall–Kier alpha value is -1.93. The van der Waals surface area contributed by atoms with Gasteiger partial charge in [-0.3, -0.25) is 4.79 Å². The molecule has 6 nitrogen and oxygen atoms in total. The van der Waals surface area contributed by atoms with E-state index in [0.29, 0.717) is 18.3 Å². The summed E-state index contributed by atoms with van der Waals surface area (Å²) in [5, 5.41) is 12.9. The fraction of sp³-hybridized carbons (Fsp3) is 0.375. The molecule has 1 aliphatic carbocycles. The minimum atomic E-state index is 0.0199. The van der Waals surface area contributed by atoms with Gasteiger partial charge in [-0.25, -0.2) is 4.98 Å². The molecule has 1 amide bonds. The van der Waals surface area contributed by atoms with Gasteiger partial charge in [-0.05, 0) is 25.0 Å². The summed E-state index contributed by atoms with van der Waals surface area (Å²) in [7, 11) is 0. The van der Waals surface area contributed by atoms with E-state index in [2.05, 4.69) is 31.1 Å². The molecule has 0 aliphatic heterocycles. The van der Waals surface area contributed by atoms with Crippen molar-refractivity contribution in [3.63, 3.8) is 0 Å². The molecule has 8 heteroatoms. The zero-order valence-corrected chi connectivity index (χ0v) is 14.6. The van der Waals surface area contributed by atoms with Crippen molar-refractivity contribution in [3.05, 3.63) is 35.6 Å². The number of amides is 1. The lowest BCUT2D eigenvalue weighted by atomic mass is 10.3. The molecule has 0 atom stereocenters. The van der Waals surface area contributed by atoms with Crippen molar-refractivity contribution in [1.29, 1.82) is 0 Å². The summed E-state index contributed by atoms with van der Waals surface area (Å²) in [6.45, 7) is 0.606. The maximum atomic E-state index is 12.0. The molecule has 3 aromatic rings. The van der Waals surface area contributed by atoms with Gasteiger partial charge in [-0.15, -0.1) is 21.5 Å². The van der Waals surface area contributed by atoms with E-state index < -0.39 is 0 Å². The smallest absolute Gasteiger partial charge is 0.230 e. The summed E-state index contributed by atoms with van der Waals surface area (Å²) in [6.07, 6.45) is 4.87. The molecule has 0 radical (unpaired) electrons. The van der Waals surface area contributed by atoms with Crippen molar-refractivity contribution in [2.24, 2.45) is 0 Å². The van der Waals surface area contributed by atoms with Crippen LogP contribution in [0.5, 0.6) is 0 Å². The third-order valence-electron chi connectivity index (χ3n) is 3.81. The van der Waals surface area contributed by atoms with Crippen LogP contribution >= 0.6 is 23.1 Å². The molecule has 124 valence electrons. The van der Waals surface area contributed by atoms with E-state index in [1.807, 2.05) is 18.2 Å². The van der Waals surface area contributed by atoms with Gasteiger partial charge >= 0.3 is 0 Å². The first-order valence-electron chi connectivity index (χ1n) is 7.93. The number of nitrogens with zero attached hydrogens (tertiary/aromatic N) is 4. The van der Waals surface area contributed by atoms with Crippen LogP contribution in [0.3, 0.4) is 0 Å². The highest BCUT2D eigenvalue weighted by Crippen LogP contribution is 2.37. The normalized spacial score (nSPS) is 14.2. The number of hydrogen-bond acceptors (Lipinski definition) is 6. The van der Waals surface area contributed by atoms with Gasteiger partial charge in [0.05, 0.1) is 21.0 Å². The van der Waals surface area contributed by atoms with Crippen molar-refractivity contribution in [2.75, 3.05) is 12.3 Å². The second-order valence-electron chi connectivity index (χ2n) is 5.72. The molecule has 0 unspecified atom stereocenters. The largest absolute Gasteiger partial charge is 0.355 e. The SMILES string of the molecule is O=C(CSc1nncn1C1CC1)NCCc1nc2ccccc2s1. The third kappa shape index (κ3) is 3.59. The minimum Gasteiger partial charge on any atom is -0.355 e. The molecule has 1 N–H and O–H groups in total. The summed E-state index contributed by atoms with van der Waals surface area (Å²) < 4.78 is 3.26. The first-order valence-corrected chi connectivity index (χ1v) is 9.73. The molecule has 0 saturated heterocycles. The Morgan fingerprint density at radius 3 is 3.08 bits per heavy atom.